The van der Waals surface area contributed by atoms with E-state index in [1.54, 1.807) is 0 Å². The van der Waals surface area contributed by atoms with E-state index in [4.69, 9.17) is 0 Å². The van der Waals surface area contributed by atoms with Crippen LogP contribution in [-0.4, -0.2) is 36.3 Å². The van der Waals surface area contributed by atoms with E-state index in [0.717, 1.165) is 12.0 Å². The third-order valence-corrected chi connectivity index (χ3v) is 4.84. The smallest absolute Gasteiger partial charge is 0.225 e. The Kier molecular flexibility index (Phi) is 6.41. The van der Waals surface area contributed by atoms with Crippen molar-refractivity contribution in [1.82, 2.24) is 10.2 Å². The standard InChI is InChI=1S/C20H30N2O2/c1-5-19(23)22-12-17(16-8-6-15(4)7-9-16)18(13-22)20(24)21-11-10-14(2)3/h6-9,14,17-18H,5,10-13H2,1-4H3,(H,21,24). The fourth-order valence-corrected chi connectivity index (χ4v) is 3.26. The number of aryl methyl sites for hydroxylation is 1. The van der Waals surface area contributed by atoms with Gasteiger partial charge in [0.2, 0.25) is 11.8 Å². The van der Waals surface area contributed by atoms with E-state index in [1.165, 1.54) is 5.56 Å². The first kappa shape index (κ1) is 18.5. The molecule has 2 unspecified atom stereocenters. The molecule has 0 spiro atoms. The first-order valence-corrected chi connectivity index (χ1v) is 9.04. The summed E-state index contributed by atoms with van der Waals surface area (Å²) >= 11 is 0. The molecule has 24 heavy (non-hydrogen) atoms. The average molecular weight is 330 g/mol. The molecule has 132 valence electrons. The van der Waals surface area contributed by atoms with Crippen LogP contribution in [0.15, 0.2) is 24.3 Å². The second kappa shape index (κ2) is 8.32. The van der Waals surface area contributed by atoms with Crippen molar-refractivity contribution in [3.05, 3.63) is 35.4 Å². The summed E-state index contributed by atoms with van der Waals surface area (Å²) in [5.74, 6) is 0.702. The molecule has 1 heterocycles. The summed E-state index contributed by atoms with van der Waals surface area (Å²) in [6, 6.07) is 8.34. The highest BCUT2D eigenvalue weighted by Gasteiger charge is 2.39. The predicted molar refractivity (Wildman–Crippen MR) is 96.7 cm³/mol. The number of amides is 2. The van der Waals surface area contributed by atoms with Gasteiger partial charge in [-0.1, -0.05) is 50.6 Å². The lowest BCUT2D eigenvalue weighted by Crippen LogP contribution is -2.36. The summed E-state index contributed by atoms with van der Waals surface area (Å²) in [5, 5.41) is 3.07. The molecule has 1 saturated heterocycles. The van der Waals surface area contributed by atoms with Gasteiger partial charge in [-0.3, -0.25) is 9.59 Å². The van der Waals surface area contributed by atoms with E-state index >= 15 is 0 Å². The summed E-state index contributed by atoms with van der Waals surface area (Å²) in [4.78, 5) is 26.6. The van der Waals surface area contributed by atoms with Crippen LogP contribution in [-0.2, 0) is 9.59 Å². The van der Waals surface area contributed by atoms with Crippen molar-refractivity contribution in [3.8, 4) is 0 Å². The van der Waals surface area contributed by atoms with E-state index in [-0.39, 0.29) is 23.7 Å². The topological polar surface area (TPSA) is 49.4 Å². The minimum atomic E-state index is -0.157. The van der Waals surface area contributed by atoms with Gasteiger partial charge in [0.1, 0.15) is 0 Å². The van der Waals surface area contributed by atoms with Crippen LogP contribution < -0.4 is 5.32 Å². The average Bonchev–Trinajstić information content (AvgIpc) is 2.99. The summed E-state index contributed by atoms with van der Waals surface area (Å²) < 4.78 is 0. The maximum absolute atomic E-state index is 12.7. The summed E-state index contributed by atoms with van der Waals surface area (Å²) in [6.45, 7) is 10.1. The van der Waals surface area contributed by atoms with Crippen LogP contribution in [0.3, 0.4) is 0 Å². The highest BCUT2D eigenvalue weighted by Crippen LogP contribution is 2.33. The van der Waals surface area contributed by atoms with Crippen LogP contribution in [0.2, 0.25) is 0 Å². The van der Waals surface area contributed by atoms with Gasteiger partial charge in [0.05, 0.1) is 5.92 Å². The fourth-order valence-electron chi connectivity index (χ4n) is 3.26. The predicted octanol–water partition coefficient (Wildman–Crippen LogP) is 3.11. The van der Waals surface area contributed by atoms with Crippen molar-refractivity contribution >= 4 is 11.8 Å². The lowest BCUT2D eigenvalue weighted by atomic mass is 9.88. The number of rotatable bonds is 6. The second-order valence-corrected chi connectivity index (χ2v) is 7.25. The number of likely N-dealkylation sites (tertiary alicyclic amines) is 1. The zero-order chi connectivity index (χ0) is 17.7. The third kappa shape index (κ3) is 4.59. The van der Waals surface area contributed by atoms with Crippen molar-refractivity contribution < 1.29 is 9.59 Å². The van der Waals surface area contributed by atoms with E-state index < -0.39 is 0 Å². The van der Waals surface area contributed by atoms with Gasteiger partial charge in [-0.25, -0.2) is 0 Å². The molecule has 1 aromatic rings. The number of nitrogens with one attached hydrogen (secondary N) is 1. The molecule has 1 fully saturated rings. The van der Waals surface area contributed by atoms with Crippen molar-refractivity contribution in [1.29, 1.82) is 0 Å². The van der Waals surface area contributed by atoms with Crippen molar-refractivity contribution in [2.24, 2.45) is 11.8 Å². The molecule has 4 nitrogen and oxygen atoms in total. The molecule has 2 rings (SSSR count). The molecular weight excluding hydrogens is 300 g/mol. The molecule has 1 aliphatic heterocycles. The van der Waals surface area contributed by atoms with Crippen LogP contribution in [0.1, 0.15) is 50.7 Å². The maximum atomic E-state index is 12.7. The molecule has 2 atom stereocenters. The first-order chi connectivity index (χ1) is 11.4. The number of benzene rings is 1. The number of hydrogen-bond donors (Lipinski definition) is 1. The van der Waals surface area contributed by atoms with Gasteiger partial charge in [-0.15, -0.1) is 0 Å². The Morgan fingerprint density at radius 3 is 2.46 bits per heavy atom. The molecule has 4 heteroatoms. The van der Waals surface area contributed by atoms with Crippen LogP contribution >= 0.6 is 0 Å². The fraction of sp³-hybridized carbons (Fsp3) is 0.600. The Morgan fingerprint density at radius 2 is 1.88 bits per heavy atom. The van der Waals surface area contributed by atoms with Gasteiger partial charge in [0.15, 0.2) is 0 Å². The van der Waals surface area contributed by atoms with Gasteiger partial charge in [0.25, 0.3) is 0 Å². The Balaban J connectivity index is 2.12. The zero-order valence-corrected chi connectivity index (χ0v) is 15.3. The van der Waals surface area contributed by atoms with Crippen molar-refractivity contribution in [2.75, 3.05) is 19.6 Å². The second-order valence-electron chi connectivity index (χ2n) is 7.25. The molecule has 0 aliphatic carbocycles. The summed E-state index contributed by atoms with van der Waals surface area (Å²) in [5.41, 5.74) is 2.35. The summed E-state index contributed by atoms with van der Waals surface area (Å²) in [7, 11) is 0. The van der Waals surface area contributed by atoms with Gasteiger partial charge >= 0.3 is 0 Å². The van der Waals surface area contributed by atoms with Crippen LogP contribution in [0, 0.1) is 18.8 Å². The van der Waals surface area contributed by atoms with E-state index in [1.807, 2.05) is 11.8 Å². The minimum absolute atomic E-state index is 0.0765. The number of carbonyl (C=O) groups is 2. The highest BCUT2D eigenvalue weighted by atomic mass is 16.2. The number of carbonyl (C=O) groups excluding carboxylic acids is 2. The molecular formula is C20H30N2O2. The van der Waals surface area contributed by atoms with E-state index in [0.29, 0.717) is 32.0 Å². The minimum Gasteiger partial charge on any atom is -0.356 e. The zero-order valence-electron chi connectivity index (χ0n) is 15.3. The van der Waals surface area contributed by atoms with Gasteiger partial charge in [-0.2, -0.15) is 0 Å². The highest BCUT2D eigenvalue weighted by molar-refractivity contribution is 5.83. The molecule has 0 aromatic heterocycles. The molecule has 1 aliphatic rings. The van der Waals surface area contributed by atoms with Crippen LogP contribution in [0.25, 0.3) is 0 Å². The summed E-state index contributed by atoms with van der Waals surface area (Å²) in [6.07, 6.45) is 1.47. The van der Waals surface area contributed by atoms with Gasteiger partial charge < -0.3 is 10.2 Å². The quantitative estimate of drug-likeness (QED) is 0.871. The van der Waals surface area contributed by atoms with Crippen molar-refractivity contribution in [2.45, 2.75) is 46.5 Å². The van der Waals surface area contributed by atoms with Gasteiger partial charge in [0, 0.05) is 32.0 Å². The first-order valence-electron chi connectivity index (χ1n) is 9.04. The van der Waals surface area contributed by atoms with Crippen molar-refractivity contribution in [3.63, 3.8) is 0 Å². The molecule has 2 amide bonds. The number of hydrogen-bond acceptors (Lipinski definition) is 2. The van der Waals surface area contributed by atoms with Crippen LogP contribution in [0.5, 0.6) is 0 Å². The SMILES string of the molecule is CCC(=O)N1CC(C(=O)NCCC(C)C)C(c2ccc(C)cc2)C1. The molecule has 1 N–H and O–H groups in total. The number of nitrogens with zero attached hydrogens (tertiary/aromatic N) is 1. The molecule has 1 aromatic carbocycles. The molecule has 0 radical (unpaired) electrons. The Hall–Kier alpha value is -1.84. The largest absolute Gasteiger partial charge is 0.356 e. The molecule has 0 bridgehead atoms. The van der Waals surface area contributed by atoms with Crippen LogP contribution in [0.4, 0.5) is 0 Å². The molecule has 0 saturated carbocycles. The Morgan fingerprint density at radius 1 is 1.21 bits per heavy atom. The van der Waals surface area contributed by atoms with E-state index in [9.17, 15) is 9.59 Å². The Bertz CT molecular complexity index is 566. The Labute approximate surface area is 145 Å². The van der Waals surface area contributed by atoms with Gasteiger partial charge in [-0.05, 0) is 24.8 Å². The third-order valence-electron chi connectivity index (χ3n) is 4.84. The lowest BCUT2D eigenvalue weighted by molar-refractivity contribution is -0.130. The van der Waals surface area contributed by atoms with E-state index in [2.05, 4.69) is 50.4 Å². The normalized spacial score (nSPS) is 20.5. The monoisotopic (exact) mass is 330 g/mol. The maximum Gasteiger partial charge on any atom is 0.225 e. The lowest BCUT2D eigenvalue weighted by Gasteiger charge is -2.18.